The summed E-state index contributed by atoms with van der Waals surface area (Å²) in [4.78, 5) is 40.3. The van der Waals surface area contributed by atoms with Crippen molar-refractivity contribution in [3.8, 4) is 0 Å². The van der Waals surface area contributed by atoms with E-state index in [2.05, 4.69) is 26.2 Å². The monoisotopic (exact) mass is 475 g/mol. The van der Waals surface area contributed by atoms with Crippen LogP contribution in [0.5, 0.6) is 0 Å². The maximum atomic E-state index is 12.4. The molecule has 3 atom stereocenters. The number of thiophene rings is 1. The van der Waals surface area contributed by atoms with Crippen LogP contribution in [-0.2, 0) is 16.1 Å². The average molecular weight is 476 g/mol. The molecule has 2 fully saturated rings. The number of hydrogen-bond donors (Lipinski definition) is 4. The second-order valence-electron chi connectivity index (χ2n) is 8.05. The lowest BCUT2D eigenvalue weighted by atomic mass is 10.0. The van der Waals surface area contributed by atoms with Crippen LogP contribution in [0.2, 0.25) is 5.02 Å². The second kappa shape index (κ2) is 10.3. The van der Waals surface area contributed by atoms with Gasteiger partial charge in [0.2, 0.25) is 11.8 Å². The molecule has 2 aliphatic rings. The van der Waals surface area contributed by atoms with Gasteiger partial charge in [-0.05, 0) is 42.5 Å². The molecule has 32 heavy (non-hydrogen) atoms. The average Bonchev–Trinajstić information content (AvgIpc) is 3.42. The molecule has 0 bridgehead atoms. The predicted molar refractivity (Wildman–Crippen MR) is 125 cm³/mol. The van der Waals surface area contributed by atoms with Crippen LogP contribution in [0.15, 0.2) is 41.8 Å². The van der Waals surface area contributed by atoms with Crippen molar-refractivity contribution >= 4 is 46.5 Å². The van der Waals surface area contributed by atoms with Gasteiger partial charge in [0.15, 0.2) is 0 Å². The first-order chi connectivity index (χ1) is 15.5. The topological polar surface area (TPSA) is 103 Å². The Morgan fingerprint density at radius 3 is 2.91 bits per heavy atom. The van der Waals surface area contributed by atoms with Gasteiger partial charge in [-0.2, -0.15) is 0 Å². The number of halogens is 1. The molecule has 0 unspecified atom stereocenters. The summed E-state index contributed by atoms with van der Waals surface area (Å²) in [6, 6.07) is 10.2. The lowest BCUT2D eigenvalue weighted by molar-refractivity contribution is -0.129. The number of anilines is 1. The molecule has 0 aliphatic carbocycles. The maximum Gasteiger partial charge on any atom is 0.319 e. The highest BCUT2D eigenvalue weighted by molar-refractivity contribution is 7.09. The van der Waals surface area contributed by atoms with Gasteiger partial charge in [0, 0.05) is 47.2 Å². The zero-order valence-corrected chi connectivity index (χ0v) is 19.0. The minimum atomic E-state index is -0.331. The number of piperazine rings is 1. The first-order valence-electron chi connectivity index (χ1n) is 10.6. The van der Waals surface area contributed by atoms with Gasteiger partial charge in [-0.3, -0.25) is 14.5 Å². The van der Waals surface area contributed by atoms with Gasteiger partial charge >= 0.3 is 6.03 Å². The highest BCUT2D eigenvalue weighted by atomic mass is 35.5. The second-order valence-corrected chi connectivity index (χ2v) is 9.52. The molecule has 10 heteroatoms. The van der Waals surface area contributed by atoms with Crippen molar-refractivity contribution in [2.24, 2.45) is 0 Å². The van der Waals surface area contributed by atoms with Crippen LogP contribution in [0, 0.1) is 0 Å². The number of nitrogens with one attached hydrogen (secondary N) is 4. The van der Waals surface area contributed by atoms with Crippen LogP contribution in [0.4, 0.5) is 10.5 Å². The Labute approximate surface area is 195 Å². The third-order valence-electron chi connectivity index (χ3n) is 5.79. The number of carbonyl (C=O) groups is 3. The number of amides is 4. The number of fused-ring (bicyclic) bond motifs is 1. The van der Waals surface area contributed by atoms with E-state index >= 15 is 0 Å². The van der Waals surface area contributed by atoms with E-state index in [4.69, 9.17) is 11.6 Å². The van der Waals surface area contributed by atoms with Crippen LogP contribution in [-0.4, -0.2) is 54.0 Å². The van der Waals surface area contributed by atoms with Crippen LogP contribution < -0.4 is 21.3 Å². The Balaban J connectivity index is 1.27. The summed E-state index contributed by atoms with van der Waals surface area (Å²) in [6.07, 6.45) is 1.58. The zero-order chi connectivity index (χ0) is 22.5. The quantitative estimate of drug-likeness (QED) is 0.494. The summed E-state index contributed by atoms with van der Waals surface area (Å²) in [5.41, 5.74) is 0.606. The molecule has 4 N–H and O–H groups in total. The molecule has 8 nitrogen and oxygen atoms in total. The molecule has 1 aromatic carbocycles. The minimum Gasteiger partial charge on any atom is -0.353 e. The number of nitrogens with zero attached hydrogens (tertiary/aromatic N) is 1. The van der Waals surface area contributed by atoms with Gasteiger partial charge in [0.1, 0.15) is 0 Å². The van der Waals surface area contributed by atoms with Gasteiger partial charge in [0.05, 0.1) is 12.6 Å². The van der Waals surface area contributed by atoms with Gasteiger partial charge < -0.3 is 21.3 Å². The highest BCUT2D eigenvalue weighted by Gasteiger charge is 2.43. The van der Waals surface area contributed by atoms with E-state index in [1.807, 2.05) is 17.5 Å². The van der Waals surface area contributed by atoms with Crippen molar-refractivity contribution in [1.29, 1.82) is 0 Å². The smallest absolute Gasteiger partial charge is 0.319 e. The molecule has 3 heterocycles. The Bertz CT molecular complexity index is 970. The van der Waals surface area contributed by atoms with E-state index in [-0.39, 0.29) is 36.0 Å². The summed E-state index contributed by atoms with van der Waals surface area (Å²) < 4.78 is 0. The normalized spacial score (nSPS) is 22.7. The first kappa shape index (κ1) is 22.6. The number of urea groups is 1. The van der Waals surface area contributed by atoms with Crippen LogP contribution in [0.1, 0.15) is 24.1 Å². The van der Waals surface area contributed by atoms with Crippen molar-refractivity contribution in [1.82, 2.24) is 20.9 Å². The summed E-state index contributed by atoms with van der Waals surface area (Å²) in [7, 11) is 0. The molecule has 0 radical (unpaired) electrons. The Kier molecular flexibility index (Phi) is 7.29. The summed E-state index contributed by atoms with van der Waals surface area (Å²) in [5, 5.41) is 14.1. The number of rotatable bonds is 7. The Morgan fingerprint density at radius 2 is 2.12 bits per heavy atom. The summed E-state index contributed by atoms with van der Waals surface area (Å²) >= 11 is 7.57. The molecular weight excluding hydrogens is 450 g/mol. The summed E-state index contributed by atoms with van der Waals surface area (Å²) in [5.74, 6) is -0.0235. The predicted octanol–water partition coefficient (Wildman–Crippen LogP) is 2.56. The number of benzene rings is 1. The molecule has 2 saturated heterocycles. The zero-order valence-electron chi connectivity index (χ0n) is 17.5. The van der Waals surface area contributed by atoms with E-state index in [1.54, 1.807) is 35.6 Å². The molecule has 4 rings (SSSR count). The number of hydrogen-bond acceptors (Lipinski definition) is 5. The Morgan fingerprint density at radius 1 is 1.25 bits per heavy atom. The third-order valence-corrected chi connectivity index (χ3v) is 6.90. The van der Waals surface area contributed by atoms with Crippen molar-refractivity contribution < 1.29 is 14.4 Å². The van der Waals surface area contributed by atoms with E-state index in [0.717, 1.165) is 4.88 Å². The Hall–Kier alpha value is -2.62. The van der Waals surface area contributed by atoms with Crippen LogP contribution >= 0.6 is 22.9 Å². The first-order valence-corrected chi connectivity index (χ1v) is 11.9. The fourth-order valence-electron chi connectivity index (χ4n) is 4.25. The highest BCUT2D eigenvalue weighted by Crippen LogP contribution is 2.26. The van der Waals surface area contributed by atoms with Crippen molar-refractivity contribution in [3.05, 3.63) is 51.7 Å². The molecule has 0 spiro atoms. The molecule has 0 saturated carbocycles. The molecular formula is C22H26ClN5O3S. The van der Waals surface area contributed by atoms with Crippen LogP contribution in [0.25, 0.3) is 0 Å². The van der Waals surface area contributed by atoms with E-state index < -0.39 is 0 Å². The van der Waals surface area contributed by atoms with E-state index in [0.29, 0.717) is 49.6 Å². The lowest BCUT2D eigenvalue weighted by Gasteiger charge is -2.37. The standard InChI is InChI=1S/C22H26ClN5O3S/c23-14-3-1-4-15(9-14)26-22(31)27-16-10-19-21(30)25-11-17(28(19)13-16)6-7-20(29)24-12-18-5-2-8-32-18/h1-5,8-9,16-17,19H,6-7,10-13H2,(H,24,29)(H,25,30)(H2,26,27,31)/t16-,17-,19+/m1/s1. The number of carbonyl (C=O) groups excluding carboxylic acids is 3. The summed E-state index contributed by atoms with van der Waals surface area (Å²) in [6.45, 7) is 1.62. The maximum absolute atomic E-state index is 12.4. The van der Waals surface area contributed by atoms with E-state index in [1.165, 1.54) is 0 Å². The molecule has 2 aliphatic heterocycles. The van der Waals surface area contributed by atoms with Gasteiger partial charge in [-0.1, -0.05) is 23.7 Å². The fourth-order valence-corrected chi connectivity index (χ4v) is 5.09. The van der Waals surface area contributed by atoms with Gasteiger partial charge in [0.25, 0.3) is 0 Å². The SMILES string of the molecule is O=C(CC[C@@H]1CNC(=O)[C@@H]2C[C@@H](NC(=O)Nc3cccc(Cl)c3)CN12)NCc1cccs1. The molecule has 2 aromatic rings. The van der Waals surface area contributed by atoms with Crippen molar-refractivity contribution in [2.45, 2.75) is 43.9 Å². The van der Waals surface area contributed by atoms with E-state index in [9.17, 15) is 14.4 Å². The van der Waals surface area contributed by atoms with Crippen molar-refractivity contribution in [2.75, 3.05) is 18.4 Å². The van der Waals surface area contributed by atoms with Crippen molar-refractivity contribution in [3.63, 3.8) is 0 Å². The van der Waals surface area contributed by atoms with Gasteiger partial charge in [-0.15, -0.1) is 11.3 Å². The fraction of sp³-hybridized carbons (Fsp3) is 0.409. The largest absolute Gasteiger partial charge is 0.353 e. The van der Waals surface area contributed by atoms with Crippen LogP contribution in [0.3, 0.4) is 0 Å². The molecule has 1 aromatic heterocycles. The van der Waals surface area contributed by atoms with Gasteiger partial charge in [-0.25, -0.2) is 4.79 Å². The molecule has 170 valence electrons. The third kappa shape index (κ3) is 5.79. The lowest BCUT2D eigenvalue weighted by Crippen LogP contribution is -2.58. The minimum absolute atomic E-state index is 0.00150. The molecule has 4 amide bonds.